The van der Waals surface area contributed by atoms with Gasteiger partial charge in [0.1, 0.15) is 0 Å². The average Bonchev–Trinajstić information content (AvgIpc) is 2.90. The summed E-state index contributed by atoms with van der Waals surface area (Å²) in [6.07, 6.45) is 7.04. The Labute approximate surface area is 219 Å². The molecule has 0 unspecified atom stereocenters. The van der Waals surface area contributed by atoms with Gasteiger partial charge in [-0.1, -0.05) is 54.1 Å². The number of methoxy groups -OCH3 is 1. The molecule has 186 valence electrons. The van der Waals surface area contributed by atoms with Crippen LogP contribution in [0.5, 0.6) is 0 Å². The molecule has 0 bridgehead atoms. The normalized spacial score (nSPS) is 19.6. The molecule has 2 N–H and O–H groups in total. The fourth-order valence-corrected chi connectivity index (χ4v) is 5.24. The van der Waals surface area contributed by atoms with E-state index < -0.39 is 0 Å². The van der Waals surface area contributed by atoms with Crippen molar-refractivity contribution >= 4 is 29.9 Å². The predicted octanol–water partition coefficient (Wildman–Crippen LogP) is 5.75. The van der Waals surface area contributed by atoms with Gasteiger partial charge >= 0.3 is 0 Å². The number of nitrogens with zero attached hydrogens (tertiary/aromatic N) is 2. The molecule has 1 amide bonds. The van der Waals surface area contributed by atoms with E-state index in [1.165, 1.54) is 5.56 Å². The van der Waals surface area contributed by atoms with E-state index in [9.17, 15) is 4.79 Å². The topological polar surface area (TPSA) is 68.5 Å². The minimum Gasteiger partial charge on any atom is -0.383 e. The molecule has 4 rings (SSSR count). The molecule has 1 saturated carbocycles. The first-order valence-electron chi connectivity index (χ1n) is 11.8. The smallest absolute Gasteiger partial charge is 0.255 e. The van der Waals surface area contributed by atoms with Crippen molar-refractivity contribution in [1.82, 2.24) is 9.88 Å². The zero-order valence-corrected chi connectivity index (χ0v) is 21.6. The van der Waals surface area contributed by atoms with Gasteiger partial charge < -0.3 is 15.4 Å². The Balaban J connectivity index is 0.00000342. The van der Waals surface area contributed by atoms with Crippen molar-refractivity contribution in [3.8, 4) is 11.1 Å². The van der Waals surface area contributed by atoms with Crippen molar-refractivity contribution in [3.05, 3.63) is 89.2 Å². The number of amides is 1. The van der Waals surface area contributed by atoms with Crippen LogP contribution in [0.25, 0.3) is 11.1 Å². The Bertz CT molecular complexity index is 1100. The molecule has 7 heteroatoms. The summed E-state index contributed by atoms with van der Waals surface area (Å²) in [6, 6.07) is 20.1. The highest BCUT2D eigenvalue weighted by Crippen LogP contribution is 2.41. The lowest BCUT2D eigenvalue weighted by atomic mass is 9.68. The zero-order valence-electron chi connectivity index (χ0n) is 20.0. The summed E-state index contributed by atoms with van der Waals surface area (Å²) in [5.41, 5.74) is 9.95. The van der Waals surface area contributed by atoms with Gasteiger partial charge in [-0.25, -0.2) is 0 Å². The number of rotatable bonds is 8. The van der Waals surface area contributed by atoms with E-state index in [0.29, 0.717) is 25.3 Å². The molecule has 1 fully saturated rings. The zero-order chi connectivity index (χ0) is 24.0. The van der Waals surface area contributed by atoms with Crippen LogP contribution in [0.2, 0.25) is 5.02 Å². The number of hydrogen-bond donors (Lipinski definition) is 1. The first kappa shape index (κ1) is 27.2. The van der Waals surface area contributed by atoms with Crippen molar-refractivity contribution in [2.45, 2.75) is 37.1 Å². The van der Waals surface area contributed by atoms with Crippen LogP contribution in [0.3, 0.4) is 0 Å². The highest BCUT2D eigenvalue weighted by atomic mass is 35.5. The second-order valence-corrected chi connectivity index (χ2v) is 9.48. The van der Waals surface area contributed by atoms with Crippen LogP contribution in [-0.4, -0.2) is 48.6 Å². The van der Waals surface area contributed by atoms with Crippen LogP contribution in [0, 0.1) is 0 Å². The Hall–Kier alpha value is -2.44. The summed E-state index contributed by atoms with van der Waals surface area (Å²) in [5.74, 6) is -0.00432. The van der Waals surface area contributed by atoms with E-state index in [4.69, 9.17) is 22.1 Å². The molecule has 0 radical (unpaired) electrons. The first-order chi connectivity index (χ1) is 16.6. The third-order valence-corrected chi connectivity index (χ3v) is 7.31. The molecule has 35 heavy (non-hydrogen) atoms. The average molecular weight is 514 g/mol. The van der Waals surface area contributed by atoms with Gasteiger partial charge in [0.2, 0.25) is 0 Å². The quantitative estimate of drug-likeness (QED) is 0.416. The van der Waals surface area contributed by atoms with E-state index in [2.05, 4.69) is 11.1 Å². The third-order valence-electron chi connectivity index (χ3n) is 7.07. The van der Waals surface area contributed by atoms with E-state index in [0.717, 1.165) is 41.8 Å². The Morgan fingerprint density at radius 1 is 1.09 bits per heavy atom. The lowest BCUT2D eigenvalue weighted by molar-refractivity contribution is 0.0507. The molecule has 0 aliphatic heterocycles. The summed E-state index contributed by atoms with van der Waals surface area (Å²) in [7, 11) is 1.67. The first-order valence-corrected chi connectivity index (χ1v) is 12.2. The maximum Gasteiger partial charge on any atom is 0.255 e. The van der Waals surface area contributed by atoms with Crippen LogP contribution in [-0.2, 0) is 10.2 Å². The number of halogens is 2. The van der Waals surface area contributed by atoms with Crippen LogP contribution >= 0.6 is 24.0 Å². The fourth-order valence-electron chi connectivity index (χ4n) is 5.05. The van der Waals surface area contributed by atoms with Gasteiger partial charge in [-0.05, 0) is 55.0 Å². The molecule has 1 aromatic heterocycles. The fraction of sp³-hybridized carbons (Fsp3) is 0.357. The number of benzene rings is 2. The van der Waals surface area contributed by atoms with Gasteiger partial charge in [-0.15, -0.1) is 12.4 Å². The Kier molecular flexibility index (Phi) is 9.70. The molecule has 1 aliphatic carbocycles. The van der Waals surface area contributed by atoms with Gasteiger partial charge in [-0.3, -0.25) is 9.78 Å². The van der Waals surface area contributed by atoms with Gasteiger partial charge in [-0.2, -0.15) is 0 Å². The predicted molar refractivity (Wildman–Crippen MR) is 144 cm³/mol. The van der Waals surface area contributed by atoms with Crippen molar-refractivity contribution < 1.29 is 9.53 Å². The van der Waals surface area contributed by atoms with Crippen LogP contribution in [0.1, 0.15) is 41.6 Å². The third kappa shape index (κ3) is 6.22. The van der Waals surface area contributed by atoms with Crippen LogP contribution in [0.15, 0.2) is 73.1 Å². The van der Waals surface area contributed by atoms with Gasteiger partial charge in [0.05, 0.1) is 12.2 Å². The largest absolute Gasteiger partial charge is 0.383 e. The SMILES string of the molecule is COCCN(C(=O)c1cncc(-c2ccccc2)c1)[C@H]1CC[C@](CN)(c2cccc(Cl)c2)CC1.Cl. The van der Waals surface area contributed by atoms with E-state index in [-0.39, 0.29) is 29.8 Å². The number of ether oxygens (including phenoxy) is 1. The number of nitrogens with two attached hydrogens (primary N) is 1. The second kappa shape index (κ2) is 12.5. The minimum absolute atomic E-state index is 0. The van der Waals surface area contributed by atoms with Crippen LogP contribution in [0.4, 0.5) is 0 Å². The number of carbonyl (C=O) groups excluding carboxylic acids is 1. The van der Waals surface area contributed by atoms with E-state index >= 15 is 0 Å². The maximum absolute atomic E-state index is 13.7. The second-order valence-electron chi connectivity index (χ2n) is 9.05. The molecule has 5 nitrogen and oxygen atoms in total. The van der Waals surface area contributed by atoms with Crippen molar-refractivity contribution in [3.63, 3.8) is 0 Å². The number of carbonyl (C=O) groups is 1. The maximum atomic E-state index is 13.7. The monoisotopic (exact) mass is 513 g/mol. The van der Waals surface area contributed by atoms with E-state index in [1.54, 1.807) is 19.5 Å². The van der Waals surface area contributed by atoms with Crippen molar-refractivity contribution in [2.75, 3.05) is 26.8 Å². The molecule has 0 spiro atoms. The van der Waals surface area contributed by atoms with Crippen molar-refractivity contribution in [1.29, 1.82) is 0 Å². The van der Waals surface area contributed by atoms with Gasteiger partial charge in [0.25, 0.3) is 5.91 Å². The number of pyridine rings is 1. The molecule has 0 atom stereocenters. The summed E-state index contributed by atoms with van der Waals surface area (Å²) >= 11 is 6.27. The Morgan fingerprint density at radius 2 is 1.83 bits per heavy atom. The van der Waals surface area contributed by atoms with Crippen LogP contribution < -0.4 is 5.73 Å². The molecular formula is C28H33Cl2N3O2. The van der Waals surface area contributed by atoms with Gasteiger partial charge in [0, 0.05) is 54.6 Å². The molecular weight excluding hydrogens is 481 g/mol. The van der Waals surface area contributed by atoms with Crippen molar-refractivity contribution in [2.24, 2.45) is 5.73 Å². The molecule has 2 aromatic carbocycles. The number of aromatic nitrogens is 1. The molecule has 1 heterocycles. The summed E-state index contributed by atoms with van der Waals surface area (Å²) < 4.78 is 5.34. The summed E-state index contributed by atoms with van der Waals surface area (Å²) in [6.45, 7) is 1.60. The standard InChI is InChI=1S/C28H32ClN3O2.ClH/c1-34-15-14-32(27(33)23-16-22(18-31-19-23)21-6-3-2-4-7-21)26-10-12-28(20-30,13-11-26)24-8-5-9-25(29)17-24;/h2-9,16-19,26H,10-15,20,30H2,1H3;1H/t26-,28-;. The molecule has 1 aliphatic rings. The molecule has 0 saturated heterocycles. The van der Waals surface area contributed by atoms with Gasteiger partial charge in [0.15, 0.2) is 0 Å². The Morgan fingerprint density at radius 3 is 2.49 bits per heavy atom. The number of hydrogen-bond acceptors (Lipinski definition) is 4. The summed E-state index contributed by atoms with van der Waals surface area (Å²) in [5, 5.41) is 0.732. The minimum atomic E-state index is -0.105. The lowest BCUT2D eigenvalue weighted by Gasteiger charge is -2.43. The summed E-state index contributed by atoms with van der Waals surface area (Å²) in [4.78, 5) is 20.0. The lowest BCUT2D eigenvalue weighted by Crippen LogP contribution is -2.48. The highest BCUT2D eigenvalue weighted by molar-refractivity contribution is 6.30. The molecule has 3 aromatic rings. The highest BCUT2D eigenvalue weighted by Gasteiger charge is 2.38. The van der Waals surface area contributed by atoms with E-state index in [1.807, 2.05) is 59.5 Å².